The van der Waals surface area contributed by atoms with Gasteiger partial charge in [-0.25, -0.2) is 4.79 Å². The van der Waals surface area contributed by atoms with Crippen LogP contribution >= 0.6 is 0 Å². The molecule has 12 nitrogen and oxygen atoms in total. The third kappa shape index (κ3) is 6.00. The Bertz CT molecular complexity index is 1160. The van der Waals surface area contributed by atoms with E-state index in [0.717, 1.165) is 12.8 Å². The summed E-state index contributed by atoms with van der Waals surface area (Å²) in [5.41, 5.74) is 2.59. The van der Waals surface area contributed by atoms with Gasteiger partial charge in [-0.1, -0.05) is 24.3 Å². The number of hydrogen-bond donors (Lipinski definition) is 4. The Morgan fingerprint density at radius 1 is 1.00 bits per heavy atom. The van der Waals surface area contributed by atoms with E-state index in [0.29, 0.717) is 32.7 Å². The fourth-order valence-electron chi connectivity index (χ4n) is 7.28. The molecule has 0 aromatic heterocycles. The molecule has 1 aliphatic carbocycles. The minimum atomic E-state index is -1.26. The summed E-state index contributed by atoms with van der Waals surface area (Å²) in [5, 5.41) is 27.5. The Balaban J connectivity index is 1.27. The van der Waals surface area contributed by atoms with Crippen LogP contribution in [-0.2, 0) is 31.9 Å². The van der Waals surface area contributed by atoms with E-state index in [2.05, 4.69) is 27.7 Å². The van der Waals surface area contributed by atoms with Gasteiger partial charge in [-0.3, -0.25) is 14.5 Å². The van der Waals surface area contributed by atoms with E-state index in [9.17, 15) is 24.6 Å². The monoisotopic (exact) mass is 585 g/mol. The summed E-state index contributed by atoms with van der Waals surface area (Å²) < 4.78 is 12.0. The number of carbonyl (C=O) groups is 3. The number of nitrogens with zero attached hydrogens (tertiary/aromatic N) is 3. The number of amides is 4. The van der Waals surface area contributed by atoms with E-state index in [1.54, 1.807) is 0 Å². The Morgan fingerprint density at radius 2 is 1.71 bits per heavy atom. The summed E-state index contributed by atoms with van der Waals surface area (Å²) in [6, 6.07) is 7.44. The first kappa shape index (κ1) is 29.3. The van der Waals surface area contributed by atoms with Gasteiger partial charge in [-0.05, 0) is 44.2 Å². The van der Waals surface area contributed by atoms with Crippen LogP contribution in [0, 0.1) is 0 Å². The summed E-state index contributed by atoms with van der Waals surface area (Å²) in [4.78, 5) is 46.1. The lowest BCUT2D eigenvalue weighted by molar-refractivity contribution is -0.145. The maximum Gasteiger partial charge on any atom is 0.317 e. The van der Waals surface area contributed by atoms with Gasteiger partial charge in [0.05, 0.1) is 44.4 Å². The lowest BCUT2D eigenvalue weighted by Gasteiger charge is -2.39. The van der Waals surface area contributed by atoms with E-state index in [-0.39, 0.29) is 61.5 Å². The minimum Gasteiger partial charge on any atom is -0.388 e. The van der Waals surface area contributed by atoms with Crippen LogP contribution in [0.3, 0.4) is 0 Å². The van der Waals surface area contributed by atoms with Crippen LogP contribution in [0.15, 0.2) is 24.3 Å². The standard InChI is InChI=1S/C30H43N5O7/c1-17(2)31-30(40)34-15-22-14-33(7-8-41-22)29(39)23-11-20(13-35(23)21-9-18-5-3-4-6-19(18)10-21)32-26(36)12-24-27(37)28(38)25(16-34)42-24/h3-6,17,20-25,27-28,37-38H,7-16H2,1-2H3,(H,31,40)(H,32,36)/t20-,22-,23-,24-,25+,27-,28+/m0/s1. The molecule has 7 atom stereocenters. The van der Waals surface area contributed by atoms with E-state index in [1.165, 1.54) is 16.0 Å². The zero-order valence-electron chi connectivity index (χ0n) is 24.4. The largest absolute Gasteiger partial charge is 0.388 e. The van der Waals surface area contributed by atoms with E-state index in [4.69, 9.17) is 9.47 Å². The molecule has 4 fully saturated rings. The normalized spacial score (nSPS) is 34.5. The van der Waals surface area contributed by atoms with Crippen molar-refractivity contribution in [3.63, 3.8) is 0 Å². The highest BCUT2D eigenvalue weighted by atomic mass is 16.5. The van der Waals surface area contributed by atoms with Crippen LogP contribution in [0.2, 0.25) is 0 Å². The Morgan fingerprint density at radius 3 is 2.43 bits per heavy atom. The van der Waals surface area contributed by atoms with Crippen molar-refractivity contribution >= 4 is 17.8 Å². The summed E-state index contributed by atoms with van der Waals surface area (Å²) in [6.45, 7) is 5.59. The molecule has 1 aromatic rings. The van der Waals surface area contributed by atoms with Gasteiger partial charge in [0.1, 0.15) is 18.3 Å². The highest BCUT2D eigenvalue weighted by Crippen LogP contribution is 2.32. The second kappa shape index (κ2) is 12.1. The third-order valence-electron chi connectivity index (χ3n) is 9.31. The number of ether oxygens (including phenoxy) is 2. The zero-order valence-corrected chi connectivity index (χ0v) is 24.4. The van der Waals surface area contributed by atoms with Gasteiger partial charge < -0.3 is 40.1 Å². The smallest absolute Gasteiger partial charge is 0.317 e. The van der Waals surface area contributed by atoms with Gasteiger partial charge in [0, 0.05) is 37.8 Å². The van der Waals surface area contributed by atoms with Gasteiger partial charge in [0.25, 0.3) is 0 Å². The summed E-state index contributed by atoms with van der Waals surface area (Å²) in [6.07, 6.45) is -2.66. The molecule has 1 aromatic carbocycles. The first-order chi connectivity index (χ1) is 20.2. The second-order valence-corrected chi connectivity index (χ2v) is 12.7. The fourth-order valence-corrected chi connectivity index (χ4v) is 7.28. The molecule has 0 radical (unpaired) electrons. The maximum absolute atomic E-state index is 14.1. The molecule has 4 aliphatic heterocycles. The second-order valence-electron chi connectivity index (χ2n) is 12.7. The Labute approximate surface area is 246 Å². The molecule has 42 heavy (non-hydrogen) atoms. The van der Waals surface area contributed by atoms with Crippen molar-refractivity contribution in [3.05, 3.63) is 35.4 Å². The molecule has 4 N–H and O–H groups in total. The highest BCUT2D eigenvalue weighted by molar-refractivity contribution is 5.83. The predicted octanol–water partition coefficient (Wildman–Crippen LogP) is -0.747. The maximum atomic E-state index is 14.1. The summed E-state index contributed by atoms with van der Waals surface area (Å²) >= 11 is 0. The third-order valence-corrected chi connectivity index (χ3v) is 9.31. The van der Waals surface area contributed by atoms with Crippen molar-refractivity contribution < 1.29 is 34.1 Å². The van der Waals surface area contributed by atoms with Crippen molar-refractivity contribution in [1.29, 1.82) is 0 Å². The number of aliphatic hydroxyl groups is 2. The average molecular weight is 586 g/mol. The van der Waals surface area contributed by atoms with Gasteiger partial charge in [-0.2, -0.15) is 0 Å². The molecular weight excluding hydrogens is 542 g/mol. The molecule has 230 valence electrons. The number of likely N-dealkylation sites (tertiary alicyclic amines) is 1. The SMILES string of the molecule is CC(C)NC(=O)N1C[C@@H]2CN(CCO2)C(=O)[C@@H]2C[C@@H](CN2C2Cc3ccccc3C2)NC(=O)C[C@@H]2O[C@H](C1)[C@@H](O)[C@H]2O. The molecular formula is C30H43N5O7. The van der Waals surface area contributed by atoms with Crippen molar-refractivity contribution in [1.82, 2.24) is 25.3 Å². The molecule has 0 saturated carbocycles. The average Bonchev–Trinajstić information content (AvgIpc) is 3.64. The number of fused-ring (bicyclic) bond motifs is 7. The van der Waals surface area contributed by atoms with Crippen molar-refractivity contribution in [3.8, 4) is 0 Å². The van der Waals surface area contributed by atoms with Crippen LogP contribution in [0.5, 0.6) is 0 Å². The lowest BCUT2D eigenvalue weighted by Crippen LogP contribution is -2.57. The van der Waals surface area contributed by atoms with Crippen LogP contribution in [0.1, 0.15) is 37.8 Å². The molecule has 4 amide bonds. The summed E-state index contributed by atoms with van der Waals surface area (Å²) in [7, 11) is 0. The molecule has 6 rings (SSSR count). The van der Waals surface area contributed by atoms with Crippen LogP contribution in [-0.4, -0.2) is 137 Å². The molecule has 0 unspecified atom stereocenters. The first-order valence-electron chi connectivity index (χ1n) is 15.3. The van der Waals surface area contributed by atoms with E-state index >= 15 is 0 Å². The van der Waals surface area contributed by atoms with Crippen molar-refractivity contribution in [2.24, 2.45) is 0 Å². The molecule has 0 spiro atoms. The number of hydrogen-bond acceptors (Lipinski definition) is 8. The van der Waals surface area contributed by atoms with Gasteiger partial charge in [-0.15, -0.1) is 0 Å². The van der Waals surface area contributed by atoms with Crippen molar-refractivity contribution in [2.45, 2.75) is 94.2 Å². The van der Waals surface area contributed by atoms with Crippen molar-refractivity contribution in [2.75, 3.05) is 39.3 Å². The molecule has 6 bridgehead atoms. The van der Waals surface area contributed by atoms with E-state index < -0.39 is 30.5 Å². The predicted molar refractivity (Wildman–Crippen MR) is 152 cm³/mol. The number of aliphatic hydroxyl groups excluding tert-OH is 2. The molecule has 4 saturated heterocycles. The number of carbonyl (C=O) groups excluding carboxylic acids is 3. The Hall–Kier alpha value is -2.77. The number of nitrogens with one attached hydrogen (secondary N) is 2. The fraction of sp³-hybridized carbons (Fsp3) is 0.700. The zero-order chi connectivity index (χ0) is 29.5. The highest BCUT2D eigenvalue weighted by Gasteiger charge is 2.47. The molecule has 4 heterocycles. The lowest BCUT2D eigenvalue weighted by atomic mass is 10.0. The first-order valence-corrected chi connectivity index (χ1v) is 15.3. The number of rotatable bonds is 2. The van der Waals surface area contributed by atoms with Gasteiger partial charge >= 0.3 is 6.03 Å². The van der Waals surface area contributed by atoms with Crippen LogP contribution in [0.25, 0.3) is 0 Å². The minimum absolute atomic E-state index is 0.00394. The number of urea groups is 1. The molecule has 12 heteroatoms. The van der Waals surface area contributed by atoms with Crippen LogP contribution < -0.4 is 10.6 Å². The number of benzene rings is 1. The van der Waals surface area contributed by atoms with Crippen LogP contribution in [0.4, 0.5) is 4.79 Å². The number of morpholine rings is 1. The van der Waals surface area contributed by atoms with E-state index in [1.807, 2.05) is 30.9 Å². The topological polar surface area (TPSA) is 144 Å². The van der Waals surface area contributed by atoms with Gasteiger partial charge in [0.2, 0.25) is 11.8 Å². The Kier molecular flexibility index (Phi) is 8.43. The summed E-state index contributed by atoms with van der Waals surface area (Å²) in [5.74, 6) is -0.275. The van der Waals surface area contributed by atoms with Gasteiger partial charge in [0.15, 0.2) is 0 Å². The quantitative estimate of drug-likeness (QED) is 0.355. The molecule has 5 aliphatic rings.